The first-order valence-corrected chi connectivity index (χ1v) is 12.0. The molecule has 0 saturated heterocycles. The van der Waals surface area contributed by atoms with E-state index in [0.717, 1.165) is 31.5 Å². The van der Waals surface area contributed by atoms with Crippen molar-refractivity contribution >= 4 is 21.7 Å². The van der Waals surface area contributed by atoms with Gasteiger partial charge in [0.25, 0.3) is 0 Å². The van der Waals surface area contributed by atoms with Crippen LogP contribution < -0.4 is 5.32 Å². The molecule has 0 aliphatic heterocycles. The monoisotopic (exact) mass is 410 g/mol. The topological polar surface area (TPSA) is 83.6 Å². The van der Waals surface area contributed by atoms with Gasteiger partial charge in [-0.25, -0.2) is 8.42 Å². The Morgan fingerprint density at radius 1 is 0.964 bits per heavy atom. The zero-order valence-corrected chi connectivity index (χ0v) is 18.0. The van der Waals surface area contributed by atoms with Crippen LogP contribution in [0.5, 0.6) is 0 Å². The lowest BCUT2D eigenvalue weighted by molar-refractivity contribution is -0.131. The van der Waals surface area contributed by atoms with E-state index in [0.29, 0.717) is 25.8 Å². The number of carbonyl (C=O) groups excluding carboxylic acids is 2. The molecular formula is C21H34N2O4S. The van der Waals surface area contributed by atoms with Crippen molar-refractivity contribution in [3.63, 3.8) is 0 Å². The third-order valence-corrected chi connectivity index (χ3v) is 6.00. The molecule has 7 heteroatoms. The van der Waals surface area contributed by atoms with E-state index in [-0.39, 0.29) is 29.7 Å². The number of rotatable bonds is 14. The van der Waals surface area contributed by atoms with Crippen molar-refractivity contribution in [3.8, 4) is 0 Å². The summed E-state index contributed by atoms with van der Waals surface area (Å²) < 4.78 is 24.2. The van der Waals surface area contributed by atoms with Crippen LogP contribution in [0.2, 0.25) is 0 Å². The molecule has 1 N–H and O–H groups in total. The van der Waals surface area contributed by atoms with Crippen molar-refractivity contribution in [2.45, 2.75) is 58.1 Å². The van der Waals surface area contributed by atoms with E-state index in [9.17, 15) is 18.0 Å². The van der Waals surface area contributed by atoms with Crippen molar-refractivity contribution in [1.82, 2.24) is 10.2 Å². The molecule has 1 rings (SSSR count). The largest absolute Gasteiger partial charge is 0.356 e. The van der Waals surface area contributed by atoms with Gasteiger partial charge in [0.05, 0.1) is 11.5 Å². The fraction of sp³-hybridized carbons (Fsp3) is 0.619. The van der Waals surface area contributed by atoms with Gasteiger partial charge in [0, 0.05) is 32.5 Å². The summed E-state index contributed by atoms with van der Waals surface area (Å²) in [5.41, 5.74) is 0.774. The minimum Gasteiger partial charge on any atom is -0.356 e. The third kappa shape index (κ3) is 10.4. The summed E-state index contributed by atoms with van der Waals surface area (Å²) in [6.45, 7) is 5.94. The summed E-state index contributed by atoms with van der Waals surface area (Å²) in [6, 6.07) is 9.08. The lowest BCUT2D eigenvalue weighted by Gasteiger charge is -2.21. The van der Waals surface area contributed by atoms with E-state index in [1.54, 1.807) is 12.1 Å². The second-order valence-electron chi connectivity index (χ2n) is 7.02. The number of nitrogens with zero attached hydrogens (tertiary/aromatic N) is 1. The highest BCUT2D eigenvalue weighted by molar-refractivity contribution is 7.90. The maximum atomic E-state index is 12.2. The number of hydrogen-bond acceptors (Lipinski definition) is 4. The number of hydrogen-bond donors (Lipinski definition) is 1. The van der Waals surface area contributed by atoms with Gasteiger partial charge < -0.3 is 10.2 Å². The predicted octanol–water partition coefficient (Wildman–Crippen LogP) is 2.93. The number of nitrogens with one attached hydrogen (secondary N) is 1. The fourth-order valence-corrected chi connectivity index (χ4v) is 4.40. The summed E-state index contributed by atoms with van der Waals surface area (Å²) in [6.07, 6.45) is 3.42. The Morgan fingerprint density at radius 3 is 2.21 bits per heavy atom. The highest BCUT2D eigenvalue weighted by Gasteiger charge is 2.13. The highest BCUT2D eigenvalue weighted by Crippen LogP contribution is 2.07. The van der Waals surface area contributed by atoms with Crippen LogP contribution in [0.1, 0.15) is 57.9 Å². The lowest BCUT2D eigenvalue weighted by Crippen LogP contribution is -2.32. The molecule has 0 fully saturated rings. The van der Waals surface area contributed by atoms with E-state index in [2.05, 4.69) is 5.32 Å². The summed E-state index contributed by atoms with van der Waals surface area (Å²) in [7, 11) is -3.18. The molecule has 28 heavy (non-hydrogen) atoms. The molecule has 0 spiro atoms. The quantitative estimate of drug-likeness (QED) is 0.478. The standard InChI is InChI=1S/C21H34N2O4S/c1-3-15-23(16-4-2)21(25)13-8-12-20(24)22-14-9-17-28(26,27)18-19-10-6-5-7-11-19/h5-7,10-11H,3-4,8-9,12-18H2,1-2H3,(H,22,24). The van der Waals surface area contributed by atoms with Crippen LogP contribution in [-0.4, -0.2) is 50.5 Å². The van der Waals surface area contributed by atoms with E-state index in [4.69, 9.17) is 0 Å². The molecule has 6 nitrogen and oxygen atoms in total. The fourth-order valence-electron chi connectivity index (χ4n) is 2.97. The molecule has 0 unspecified atom stereocenters. The van der Waals surface area contributed by atoms with Crippen molar-refractivity contribution in [2.75, 3.05) is 25.4 Å². The molecule has 0 saturated carbocycles. The van der Waals surface area contributed by atoms with Crippen LogP contribution in [0.4, 0.5) is 0 Å². The molecule has 0 bridgehead atoms. The number of carbonyl (C=O) groups is 2. The second-order valence-corrected chi connectivity index (χ2v) is 9.20. The van der Waals surface area contributed by atoms with Crippen molar-refractivity contribution in [2.24, 2.45) is 0 Å². The van der Waals surface area contributed by atoms with Crippen LogP contribution >= 0.6 is 0 Å². The van der Waals surface area contributed by atoms with E-state index in [1.165, 1.54) is 0 Å². The van der Waals surface area contributed by atoms with Crippen LogP contribution in [0.15, 0.2) is 30.3 Å². The Balaban J connectivity index is 2.20. The van der Waals surface area contributed by atoms with Crippen molar-refractivity contribution in [3.05, 3.63) is 35.9 Å². The molecule has 158 valence electrons. The minimum atomic E-state index is -3.18. The second kappa shape index (κ2) is 13.3. The SMILES string of the molecule is CCCN(CCC)C(=O)CCCC(=O)NCCCS(=O)(=O)Cc1ccccc1. The number of sulfone groups is 1. The molecule has 0 atom stereocenters. The van der Waals surface area contributed by atoms with Gasteiger partial charge in [0.1, 0.15) is 0 Å². The van der Waals surface area contributed by atoms with Gasteiger partial charge in [0.2, 0.25) is 11.8 Å². The van der Waals surface area contributed by atoms with Crippen LogP contribution in [0, 0.1) is 0 Å². The van der Waals surface area contributed by atoms with E-state index in [1.807, 2.05) is 36.9 Å². The zero-order chi connectivity index (χ0) is 20.8. The van der Waals surface area contributed by atoms with E-state index >= 15 is 0 Å². The van der Waals surface area contributed by atoms with Gasteiger partial charge in [0.15, 0.2) is 9.84 Å². The summed E-state index contributed by atoms with van der Waals surface area (Å²) in [4.78, 5) is 25.9. The van der Waals surface area contributed by atoms with Crippen LogP contribution in [-0.2, 0) is 25.2 Å². The van der Waals surface area contributed by atoms with Gasteiger partial charge in [-0.2, -0.15) is 0 Å². The summed E-state index contributed by atoms with van der Waals surface area (Å²) >= 11 is 0. The number of benzene rings is 1. The highest BCUT2D eigenvalue weighted by atomic mass is 32.2. The van der Waals surface area contributed by atoms with Crippen molar-refractivity contribution < 1.29 is 18.0 Å². The van der Waals surface area contributed by atoms with Crippen LogP contribution in [0.3, 0.4) is 0 Å². The Kier molecular flexibility index (Phi) is 11.5. The van der Waals surface area contributed by atoms with Crippen molar-refractivity contribution in [1.29, 1.82) is 0 Å². The zero-order valence-electron chi connectivity index (χ0n) is 17.2. The summed E-state index contributed by atoms with van der Waals surface area (Å²) in [5, 5.41) is 2.74. The third-order valence-electron chi connectivity index (χ3n) is 4.32. The Bertz CT molecular complexity index is 684. The molecule has 0 aromatic heterocycles. The Labute approximate surface area is 169 Å². The average molecular weight is 411 g/mol. The minimum absolute atomic E-state index is 0.0237. The lowest BCUT2D eigenvalue weighted by atomic mass is 10.2. The van der Waals surface area contributed by atoms with Gasteiger partial charge in [-0.15, -0.1) is 0 Å². The molecule has 0 radical (unpaired) electrons. The molecule has 1 aromatic rings. The molecule has 0 aliphatic rings. The first-order chi connectivity index (χ1) is 13.4. The maximum absolute atomic E-state index is 12.2. The first-order valence-electron chi connectivity index (χ1n) is 10.2. The molecule has 1 aromatic carbocycles. The summed E-state index contributed by atoms with van der Waals surface area (Å²) in [5.74, 6) is 0.0360. The molecule has 2 amide bonds. The molecule has 0 aliphatic carbocycles. The van der Waals surface area contributed by atoms with Gasteiger partial charge in [-0.3, -0.25) is 9.59 Å². The molecular weight excluding hydrogens is 376 g/mol. The Hall–Kier alpha value is -1.89. The number of amides is 2. The maximum Gasteiger partial charge on any atom is 0.222 e. The van der Waals surface area contributed by atoms with Gasteiger partial charge in [-0.05, 0) is 31.2 Å². The van der Waals surface area contributed by atoms with Gasteiger partial charge in [-0.1, -0.05) is 44.2 Å². The van der Waals surface area contributed by atoms with Gasteiger partial charge >= 0.3 is 0 Å². The molecule has 0 heterocycles. The normalized spacial score (nSPS) is 11.2. The first kappa shape index (κ1) is 24.1. The van der Waals surface area contributed by atoms with Crippen LogP contribution in [0.25, 0.3) is 0 Å². The smallest absolute Gasteiger partial charge is 0.222 e. The average Bonchev–Trinajstić information content (AvgIpc) is 2.65. The Morgan fingerprint density at radius 2 is 1.61 bits per heavy atom. The van der Waals surface area contributed by atoms with E-state index < -0.39 is 9.84 Å². The predicted molar refractivity (Wildman–Crippen MR) is 113 cm³/mol.